The normalized spacial score (nSPS) is 18.7. The van der Waals surface area contributed by atoms with Crippen molar-refractivity contribution in [2.75, 3.05) is 0 Å². The van der Waals surface area contributed by atoms with Crippen molar-refractivity contribution in [1.29, 1.82) is 0 Å². The Morgan fingerprint density at radius 2 is 2.24 bits per heavy atom. The lowest BCUT2D eigenvalue weighted by atomic mass is 10.1. The molecule has 1 aliphatic rings. The van der Waals surface area contributed by atoms with Crippen LogP contribution in [0.15, 0.2) is 12.3 Å². The molecule has 0 radical (unpaired) electrons. The van der Waals surface area contributed by atoms with Gasteiger partial charge in [0.05, 0.1) is 17.8 Å². The van der Waals surface area contributed by atoms with Gasteiger partial charge in [-0.25, -0.2) is 0 Å². The van der Waals surface area contributed by atoms with E-state index in [4.69, 9.17) is 0 Å². The average Bonchev–Trinajstić information content (AvgIpc) is 2.98. The molecule has 1 N–H and O–H groups in total. The molecule has 3 nitrogen and oxygen atoms in total. The highest BCUT2D eigenvalue weighted by Crippen LogP contribution is 2.28. The van der Waals surface area contributed by atoms with E-state index in [0.29, 0.717) is 6.04 Å². The molecule has 3 heteroatoms. The quantitative estimate of drug-likeness (QED) is 0.824. The molecule has 0 spiro atoms. The lowest BCUT2D eigenvalue weighted by molar-refractivity contribution is 0.157. The summed E-state index contributed by atoms with van der Waals surface area (Å²) in [5.41, 5.74) is 1.18. The van der Waals surface area contributed by atoms with E-state index >= 15 is 0 Å². The molecule has 1 heterocycles. The number of aliphatic hydroxyl groups is 1. The van der Waals surface area contributed by atoms with Crippen LogP contribution in [0.5, 0.6) is 0 Å². The Bertz CT molecular complexity index is 329. The van der Waals surface area contributed by atoms with Crippen molar-refractivity contribution in [3.05, 3.63) is 18.0 Å². The predicted molar refractivity (Wildman–Crippen MR) is 69.0 cm³/mol. The minimum atomic E-state index is -0.132. The van der Waals surface area contributed by atoms with E-state index in [1.807, 2.05) is 6.92 Å². The molecule has 0 bridgehead atoms. The second-order valence-electron chi connectivity index (χ2n) is 5.18. The summed E-state index contributed by atoms with van der Waals surface area (Å²) in [6.07, 6.45) is 11.1. The molecule has 0 aliphatic heterocycles. The second-order valence-corrected chi connectivity index (χ2v) is 5.18. The summed E-state index contributed by atoms with van der Waals surface area (Å²) in [5.74, 6) is 0. The molecule has 1 unspecified atom stereocenters. The van der Waals surface area contributed by atoms with Crippen molar-refractivity contribution in [3.63, 3.8) is 0 Å². The molecule has 1 saturated carbocycles. The first kappa shape index (κ1) is 12.6. The highest BCUT2D eigenvalue weighted by molar-refractivity contribution is 5.00. The monoisotopic (exact) mass is 236 g/mol. The van der Waals surface area contributed by atoms with Crippen molar-refractivity contribution >= 4 is 0 Å². The molecule has 0 aromatic carbocycles. The van der Waals surface area contributed by atoms with Gasteiger partial charge in [0.1, 0.15) is 0 Å². The summed E-state index contributed by atoms with van der Waals surface area (Å²) < 4.78 is 2.15. The fourth-order valence-electron chi connectivity index (χ4n) is 2.61. The van der Waals surface area contributed by atoms with Crippen LogP contribution in [-0.4, -0.2) is 21.0 Å². The SMILES string of the molecule is CCC(O)CCCc1ccn(C2CCCC2)n1. The van der Waals surface area contributed by atoms with E-state index in [1.165, 1.54) is 31.4 Å². The smallest absolute Gasteiger partial charge is 0.0624 e. The molecule has 2 rings (SSSR count). The zero-order chi connectivity index (χ0) is 12.1. The number of hydrogen-bond acceptors (Lipinski definition) is 2. The fourth-order valence-corrected chi connectivity index (χ4v) is 2.61. The number of hydrogen-bond donors (Lipinski definition) is 1. The van der Waals surface area contributed by atoms with Gasteiger partial charge in [0.15, 0.2) is 0 Å². The van der Waals surface area contributed by atoms with E-state index in [-0.39, 0.29) is 6.10 Å². The zero-order valence-corrected chi connectivity index (χ0v) is 10.8. The summed E-state index contributed by atoms with van der Waals surface area (Å²) in [7, 11) is 0. The average molecular weight is 236 g/mol. The summed E-state index contributed by atoms with van der Waals surface area (Å²) in [6.45, 7) is 2.03. The van der Waals surface area contributed by atoms with Crippen molar-refractivity contribution in [1.82, 2.24) is 9.78 Å². The van der Waals surface area contributed by atoms with Crippen LogP contribution in [0.25, 0.3) is 0 Å². The van der Waals surface area contributed by atoms with Gasteiger partial charge < -0.3 is 5.11 Å². The lowest BCUT2D eigenvalue weighted by Gasteiger charge is -2.09. The maximum atomic E-state index is 9.49. The van der Waals surface area contributed by atoms with Gasteiger partial charge in [-0.1, -0.05) is 19.8 Å². The van der Waals surface area contributed by atoms with Crippen LogP contribution in [0.1, 0.15) is 63.6 Å². The van der Waals surface area contributed by atoms with Gasteiger partial charge in [0.2, 0.25) is 0 Å². The molecule has 0 amide bonds. The number of nitrogens with zero attached hydrogens (tertiary/aromatic N) is 2. The maximum Gasteiger partial charge on any atom is 0.0624 e. The minimum Gasteiger partial charge on any atom is -0.393 e. The van der Waals surface area contributed by atoms with E-state index in [0.717, 1.165) is 25.7 Å². The fraction of sp³-hybridized carbons (Fsp3) is 0.786. The van der Waals surface area contributed by atoms with Gasteiger partial charge in [-0.15, -0.1) is 0 Å². The summed E-state index contributed by atoms with van der Waals surface area (Å²) in [6, 6.07) is 2.78. The van der Waals surface area contributed by atoms with E-state index in [1.54, 1.807) is 0 Å². The van der Waals surface area contributed by atoms with E-state index < -0.39 is 0 Å². The standard InChI is InChI=1S/C14H24N2O/c1-2-14(17)9-5-6-12-10-11-16(15-12)13-7-3-4-8-13/h10-11,13-14,17H,2-9H2,1H3. The highest BCUT2D eigenvalue weighted by atomic mass is 16.3. The van der Waals surface area contributed by atoms with Crippen LogP contribution in [0.3, 0.4) is 0 Å². The third-order valence-corrected chi connectivity index (χ3v) is 3.80. The van der Waals surface area contributed by atoms with Crippen LogP contribution >= 0.6 is 0 Å². The first-order valence-electron chi connectivity index (χ1n) is 7.01. The van der Waals surface area contributed by atoms with Crippen LogP contribution < -0.4 is 0 Å². The van der Waals surface area contributed by atoms with Crippen LogP contribution in [0, 0.1) is 0 Å². The largest absolute Gasteiger partial charge is 0.393 e. The first-order chi connectivity index (χ1) is 8.29. The Balaban J connectivity index is 1.77. The number of aliphatic hydroxyl groups excluding tert-OH is 1. The molecule has 1 aliphatic carbocycles. The topological polar surface area (TPSA) is 38.0 Å². The number of aryl methyl sites for hydroxylation is 1. The van der Waals surface area contributed by atoms with Crippen LogP contribution in [0.4, 0.5) is 0 Å². The maximum absolute atomic E-state index is 9.49. The van der Waals surface area contributed by atoms with Gasteiger partial charge in [-0.2, -0.15) is 5.10 Å². The molecule has 1 aromatic heterocycles. The second kappa shape index (κ2) is 6.20. The Morgan fingerprint density at radius 3 is 2.94 bits per heavy atom. The summed E-state index contributed by atoms with van der Waals surface area (Å²) in [4.78, 5) is 0. The van der Waals surface area contributed by atoms with Gasteiger partial charge >= 0.3 is 0 Å². The molecule has 1 fully saturated rings. The summed E-state index contributed by atoms with van der Waals surface area (Å²) in [5, 5.41) is 14.1. The molecule has 17 heavy (non-hydrogen) atoms. The van der Waals surface area contributed by atoms with Gasteiger partial charge in [-0.3, -0.25) is 4.68 Å². The van der Waals surface area contributed by atoms with Gasteiger partial charge in [-0.05, 0) is 44.6 Å². The predicted octanol–water partition coefficient (Wildman–Crippen LogP) is 3.09. The Kier molecular flexibility index (Phi) is 4.60. The Labute approximate surface area is 104 Å². The van der Waals surface area contributed by atoms with Crippen LogP contribution in [-0.2, 0) is 6.42 Å². The van der Waals surface area contributed by atoms with Crippen molar-refractivity contribution in [2.45, 2.75) is 70.4 Å². The van der Waals surface area contributed by atoms with E-state index in [9.17, 15) is 5.11 Å². The van der Waals surface area contributed by atoms with E-state index in [2.05, 4.69) is 22.0 Å². The Hall–Kier alpha value is -0.830. The van der Waals surface area contributed by atoms with Crippen molar-refractivity contribution < 1.29 is 5.11 Å². The molecular weight excluding hydrogens is 212 g/mol. The number of rotatable bonds is 6. The third kappa shape index (κ3) is 3.56. The zero-order valence-electron chi connectivity index (χ0n) is 10.8. The number of aromatic nitrogens is 2. The minimum absolute atomic E-state index is 0.132. The van der Waals surface area contributed by atoms with Gasteiger partial charge in [0, 0.05) is 6.20 Å². The molecular formula is C14H24N2O. The highest BCUT2D eigenvalue weighted by Gasteiger charge is 2.17. The van der Waals surface area contributed by atoms with Crippen LogP contribution in [0.2, 0.25) is 0 Å². The molecule has 0 saturated heterocycles. The van der Waals surface area contributed by atoms with Crippen molar-refractivity contribution in [3.8, 4) is 0 Å². The molecule has 1 aromatic rings. The lowest BCUT2D eigenvalue weighted by Crippen LogP contribution is -2.06. The summed E-state index contributed by atoms with van der Waals surface area (Å²) >= 11 is 0. The molecule has 1 atom stereocenters. The first-order valence-corrected chi connectivity index (χ1v) is 7.01. The third-order valence-electron chi connectivity index (χ3n) is 3.80. The van der Waals surface area contributed by atoms with Crippen molar-refractivity contribution in [2.24, 2.45) is 0 Å². The molecule has 96 valence electrons. The van der Waals surface area contributed by atoms with Gasteiger partial charge in [0.25, 0.3) is 0 Å². The Morgan fingerprint density at radius 1 is 1.47 bits per heavy atom.